The van der Waals surface area contributed by atoms with Crippen molar-refractivity contribution in [3.8, 4) is 17.2 Å². The summed E-state index contributed by atoms with van der Waals surface area (Å²) in [6, 6.07) is 15.7. The third kappa shape index (κ3) is 8.73. The van der Waals surface area contributed by atoms with Crippen LogP contribution in [0.4, 0.5) is 5.82 Å². The lowest BCUT2D eigenvalue weighted by Crippen LogP contribution is -2.29. The first-order valence-corrected chi connectivity index (χ1v) is 14.2. The third-order valence-electron chi connectivity index (χ3n) is 7.33. The van der Waals surface area contributed by atoms with Crippen molar-refractivity contribution in [2.24, 2.45) is 11.3 Å². The van der Waals surface area contributed by atoms with Crippen molar-refractivity contribution in [3.05, 3.63) is 54.1 Å². The van der Waals surface area contributed by atoms with Crippen molar-refractivity contribution >= 4 is 35.0 Å². The minimum atomic E-state index is 0. The zero-order chi connectivity index (χ0) is 27.8. The molecule has 1 fully saturated rings. The van der Waals surface area contributed by atoms with E-state index in [1.807, 2.05) is 49.4 Å². The summed E-state index contributed by atoms with van der Waals surface area (Å²) in [6.07, 6.45) is 4.00. The molecule has 2 aromatic carbocycles. The normalized spacial score (nSPS) is 14.8. The third-order valence-corrected chi connectivity index (χ3v) is 7.33. The van der Waals surface area contributed by atoms with Gasteiger partial charge < -0.3 is 25.3 Å². The molecular formula is C32H44ClN3O4. The molecule has 1 unspecified atom stereocenters. The number of rotatable bonds is 11. The van der Waals surface area contributed by atoms with E-state index in [9.17, 15) is 4.79 Å². The fourth-order valence-electron chi connectivity index (χ4n) is 5.19. The van der Waals surface area contributed by atoms with E-state index < -0.39 is 0 Å². The summed E-state index contributed by atoms with van der Waals surface area (Å²) in [7, 11) is 0. The molecule has 1 amide bonds. The number of ether oxygens (including phenoxy) is 3. The smallest absolute Gasteiger partial charge is 0.220 e. The maximum absolute atomic E-state index is 12.7. The molecule has 8 heteroatoms. The molecule has 1 atom stereocenters. The highest BCUT2D eigenvalue weighted by atomic mass is 35.5. The van der Waals surface area contributed by atoms with E-state index >= 15 is 0 Å². The highest BCUT2D eigenvalue weighted by molar-refractivity contribution is 5.86. The van der Waals surface area contributed by atoms with E-state index in [4.69, 9.17) is 24.9 Å². The van der Waals surface area contributed by atoms with E-state index in [1.54, 1.807) is 0 Å². The topological polar surface area (TPSA) is 95.7 Å². The van der Waals surface area contributed by atoms with Crippen molar-refractivity contribution in [2.45, 2.75) is 65.7 Å². The standard InChI is InChI=1S/C32H43N3O4.ClH/c1-5-38-28-21-27-23(20-29(28)39-24-9-7-6-8-10-24)19-26(31(33)35-27)25(22-13-17-37-18-14-22)11-12-30(36)34-16-15-32(2,3)4;/h6-10,19-22,25H,5,11-18H2,1-4H3,(H2,33,35)(H,34,36);1H. The van der Waals surface area contributed by atoms with Crippen LogP contribution in [0, 0.1) is 11.3 Å². The molecule has 1 aliphatic heterocycles. The molecule has 1 aromatic heterocycles. The highest BCUT2D eigenvalue weighted by Crippen LogP contribution is 2.41. The number of hydrogen-bond donors (Lipinski definition) is 2. The average molecular weight is 570 g/mol. The van der Waals surface area contributed by atoms with Gasteiger partial charge in [0.15, 0.2) is 11.5 Å². The number of nitrogen functional groups attached to an aromatic ring is 1. The summed E-state index contributed by atoms with van der Waals surface area (Å²) >= 11 is 0. The first-order valence-electron chi connectivity index (χ1n) is 14.2. The number of carbonyl (C=O) groups excluding carboxylic acids is 1. The Morgan fingerprint density at radius 3 is 2.52 bits per heavy atom. The van der Waals surface area contributed by atoms with Crippen LogP contribution in [0.5, 0.6) is 17.2 Å². The molecule has 0 spiro atoms. The molecule has 218 valence electrons. The maximum atomic E-state index is 12.7. The summed E-state index contributed by atoms with van der Waals surface area (Å²) < 4.78 is 17.7. The van der Waals surface area contributed by atoms with E-state index in [1.165, 1.54) is 0 Å². The van der Waals surface area contributed by atoms with Gasteiger partial charge in [-0.1, -0.05) is 39.0 Å². The van der Waals surface area contributed by atoms with Gasteiger partial charge in [-0.2, -0.15) is 0 Å². The molecule has 7 nitrogen and oxygen atoms in total. The molecule has 0 aliphatic carbocycles. The molecule has 40 heavy (non-hydrogen) atoms. The van der Waals surface area contributed by atoms with Crippen LogP contribution in [0.2, 0.25) is 0 Å². The van der Waals surface area contributed by atoms with Crippen LogP contribution < -0.4 is 20.5 Å². The number of aromatic nitrogens is 1. The van der Waals surface area contributed by atoms with Gasteiger partial charge in [0.2, 0.25) is 5.91 Å². The lowest BCUT2D eigenvalue weighted by molar-refractivity contribution is -0.121. The number of benzene rings is 2. The van der Waals surface area contributed by atoms with E-state index in [0.29, 0.717) is 49.2 Å². The fourth-order valence-corrected chi connectivity index (χ4v) is 5.19. The van der Waals surface area contributed by atoms with Gasteiger partial charge in [0.05, 0.1) is 12.1 Å². The maximum Gasteiger partial charge on any atom is 0.220 e. The van der Waals surface area contributed by atoms with Gasteiger partial charge in [0.1, 0.15) is 11.6 Å². The number of nitrogens with zero attached hydrogens (tertiary/aromatic N) is 1. The quantitative estimate of drug-likeness (QED) is 0.252. The predicted octanol–water partition coefficient (Wildman–Crippen LogP) is 7.27. The summed E-state index contributed by atoms with van der Waals surface area (Å²) in [6.45, 7) is 11.2. The van der Waals surface area contributed by atoms with Crippen molar-refractivity contribution in [1.29, 1.82) is 0 Å². The number of halogens is 1. The van der Waals surface area contributed by atoms with Gasteiger partial charge in [-0.15, -0.1) is 12.4 Å². The number of anilines is 1. The number of amides is 1. The molecule has 2 heterocycles. The zero-order valence-corrected chi connectivity index (χ0v) is 25.0. The van der Waals surface area contributed by atoms with Crippen LogP contribution in [-0.4, -0.2) is 37.3 Å². The lowest BCUT2D eigenvalue weighted by atomic mass is 9.78. The summed E-state index contributed by atoms with van der Waals surface area (Å²) in [5, 5.41) is 4.03. The zero-order valence-electron chi connectivity index (χ0n) is 24.2. The van der Waals surface area contributed by atoms with Gasteiger partial charge in [0.25, 0.3) is 0 Å². The van der Waals surface area contributed by atoms with Crippen LogP contribution >= 0.6 is 12.4 Å². The molecule has 1 saturated heterocycles. The largest absolute Gasteiger partial charge is 0.490 e. The van der Waals surface area contributed by atoms with Gasteiger partial charge >= 0.3 is 0 Å². The highest BCUT2D eigenvalue weighted by Gasteiger charge is 2.28. The minimum absolute atomic E-state index is 0. The Morgan fingerprint density at radius 1 is 1.12 bits per heavy atom. The van der Waals surface area contributed by atoms with Crippen LogP contribution in [0.3, 0.4) is 0 Å². The molecule has 3 aromatic rings. The molecule has 0 bridgehead atoms. The second-order valence-electron chi connectivity index (χ2n) is 11.6. The minimum Gasteiger partial charge on any atom is -0.490 e. The Balaban J connectivity index is 0.00000441. The van der Waals surface area contributed by atoms with Crippen molar-refractivity contribution < 1.29 is 19.0 Å². The molecule has 4 rings (SSSR count). The second kappa shape index (κ2) is 14.6. The van der Waals surface area contributed by atoms with E-state index in [-0.39, 0.29) is 29.6 Å². The molecular weight excluding hydrogens is 526 g/mol. The molecule has 0 saturated carbocycles. The second-order valence-corrected chi connectivity index (χ2v) is 11.6. The van der Waals surface area contributed by atoms with Crippen LogP contribution in [-0.2, 0) is 9.53 Å². The van der Waals surface area contributed by atoms with Crippen molar-refractivity contribution in [3.63, 3.8) is 0 Å². The van der Waals surface area contributed by atoms with E-state index in [0.717, 1.165) is 54.7 Å². The number of fused-ring (bicyclic) bond motifs is 1. The Labute approximate surface area is 244 Å². The monoisotopic (exact) mass is 569 g/mol. The molecule has 1 aliphatic rings. The first kappa shape index (κ1) is 31.5. The summed E-state index contributed by atoms with van der Waals surface area (Å²) in [5.74, 6) is 3.08. The number of nitrogens with two attached hydrogens (primary N) is 1. The molecule has 0 radical (unpaired) electrons. The van der Waals surface area contributed by atoms with Crippen LogP contribution in [0.25, 0.3) is 10.9 Å². The SMILES string of the molecule is CCOc1cc2nc(N)c(C(CCC(=O)NCCC(C)(C)C)C3CCOCC3)cc2cc1Oc1ccccc1.Cl. The van der Waals surface area contributed by atoms with Crippen molar-refractivity contribution in [1.82, 2.24) is 10.3 Å². The Morgan fingerprint density at radius 2 is 1.85 bits per heavy atom. The predicted molar refractivity (Wildman–Crippen MR) is 164 cm³/mol. The van der Waals surface area contributed by atoms with Gasteiger partial charge in [-0.25, -0.2) is 4.98 Å². The Hall–Kier alpha value is -3.03. The Kier molecular flexibility index (Phi) is 11.5. The Bertz CT molecular complexity index is 1240. The fraction of sp³-hybridized carbons (Fsp3) is 0.500. The molecule has 3 N–H and O–H groups in total. The van der Waals surface area contributed by atoms with Gasteiger partial charge in [-0.05, 0) is 79.7 Å². The number of para-hydroxylation sites is 1. The number of carbonyl (C=O) groups is 1. The van der Waals surface area contributed by atoms with Gasteiger partial charge in [-0.3, -0.25) is 4.79 Å². The summed E-state index contributed by atoms with van der Waals surface area (Å²) in [4.78, 5) is 17.5. The number of nitrogens with one attached hydrogen (secondary N) is 1. The van der Waals surface area contributed by atoms with Crippen LogP contribution in [0.1, 0.15) is 71.3 Å². The van der Waals surface area contributed by atoms with Gasteiger partial charge in [0, 0.05) is 37.6 Å². The number of hydrogen-bond acceptors (Lipinski definition) is 6. The van der Waals surface area contributed by atoms with E-state index in [2.05, 4.69) is 32.2 Å². The number of pyridine rings is 1. The van der Waals surface area contributed by atoms with Crippen molar-refractivity contribution in [2.75, 3.05) is 32.1 Å². The lowest BCUT2D eigenvalue weighted by Gasteiger charge is -2.31. The summed E-state index contributed by atoms with van der Waals surface area (Å²) in [5.41, 5.74) is 8.54. The van der Waals surface area contributed by atoms with Crippen LogP contribution in [0.15, 0.2) is 48.5 Å². The first-order chi connectivity index (χ1) is 18.7. The average Bonchev–Trinajstić information content (AvgIpc) is 2.90.